The molecule has 2 rings (SSSR count). The van der Waals surface area contributed by atoms with Crippen LogP contribution in [0, 0.1) is 17.0 Å². The number of para-hydroxylation sites is 1. The van der Waals surface area contributed by atoms with E-state index in [1.165, 1.54) is 17.0 Å². The van der Waals surface area contributed by atoms with Crippen molar-refractivity contribution in [2.75, 3.05) is 18.4 Å². The number of anilines is 1. The number of nitro benzene ring substituents is 1. The van der Waals surface area contributed by atoms with E-state index in [9.17, 15) is 19.7 Å². The van der Waals surface area contributed by atoms with Crippen molar-refractivity contribution >= 4 is 46.4 Å². The molecule has 0 saturated heterocycles. The molecule has 148 valence electrons. The quantitative estimate of drug-likeness (QED) is 0.515. The van der Waals surface area contributed by atoms with Crippen LogP contribution in [-0.4, -0.2) is 34.7 Å². The molecule has 0 unspecified atom stereocenters. The van der Waals surface area contributed by atoms with Gasteiger partial charge in [-0.25, -0.2) is 0 Å². The minimum absolute atomic E-state index is 0.0490. The number of hydrogen-bond acceptors (Lipinski definition) is 4. The van der Waals surface area contributed by atoms with Gasteiger partial charge in [-0.2, -0.15) is 0 Å². The van der Waals surface area contributed by atoms with Crippen LogP contribution < -0.4 is 5.32 Å². The maximum atomic E-state index is 12.9. The summed E-state index contributed by atoms with van der Waals surface area (Å²) in [5.41, 5.74) is 0.394. The Morgan fingerprint density at radius 1 is 1.21 bits per heavy atom. The highest BCUT2D eigenvalue weighted by Crippen LogP contribution is 2.26. The molecule has 0 saturated carbocycles. The summed E-state index contributed by atoms with van der Waals surface area (Å²) in [6.07, 6.45) is 0.580. The van der Waals surface area contributed by atoms with Crippen LogP contribution >= 0.6 is 23.2 Å². The Morgan fingerprint density at radius 3 is 2.57 bits per heavy atom. The number of nitro groups is 1. The Hall–Kier alpha value is -2.64. The molecule has 0 aliphatic rings. The summed E-state index contributed by atoms with van der Waals surface area (Å²) in [5.74, 6) is -1.06. The van der Waals surface area contributed by atoms with Crippen LogP contribution in [0.3, 0.4) is 0 Å². The van der Waals surface area contributed by atoms with E-state index >= 15 is 0 Å². The van der Waals surface area contributed by atoms with Gasteiger partial charge < -0.3 is 10.2 Å². The van der Waals surface area contributed by atoms with Gasteiger partial charge in [-0.1, -0.05) is 42.3 Å². The summed E-state index contributed by atoms with van der Waals surface area (Å²) in [6.45, 7) is 3.39. The highest BCUT2D eigenvalue weighted by Gasteiger charge is 2.27. The Kier molecular flexibility index (Phi) is 7.37. The number of carbonyl (C=O) groups excluding carboxylic acids is 2. The third kappa shape index (κ3) is 5.21. The first kappa shape index (κ1) is 21.7. The van der Waals surface area contributed by atoms with Crippen molar-refractivity contribution in [3.8, 4) is 0 Å². The highest BCUT2D eigenvalue weighted by molar-refractivity contribution is 6.35. The number of carbonyl (C=O) groups is 2. The Morgan fingerprint density at radius 2 is 1.93 bits per heavy atom. The maximum absolute atomic E-state index is 12.9. The van der Waals surface area contributed by atoms with E-state index in [1.54, 1.807) is 31.2 Å². The number of amides is 2. The molecule has 2 aromatic carbocycles. The first-order valence-electron chi connectivity index (χ1n) is 8.52. The lowest BCUT2D eigenvalue weighted by molar-refractivity contribution is -0.385. The summed E-state index contributed by atoms with van der Waals surface area (Å²) in [7, 11) is 0. The predicted octanol–water partition coefficient (Wildman–Crippen LogP) is 4.70. The fraction of sp³-hybridized carbons (Fsp3) is 0.263. The van der Waals surface area contributed by atoms with E-state index in [-0.39, 0.29) is 24.3 Å². The molecule has 9 heteroatoms. The lowest BCUT2D eigenvalue weighted by Crippen LogP contribution is -2.38. The average molecular weight is 424 g/mol. The van der Waals surface area contributed by atoms with E-state index in [0.29, 0.717) is 27.7 Å². The van der Waals surface area contributed by atoms with Gasteiger partial charge in [0.1, 0.15) is 12.1 Å². The van der Waals surface area contributed by atoms with Gasteiger partial charge in [0.15, 0.2) is 0 Å². The summed E-state index contributed by atoms with van der Waals surface area (Å²) < 4.78 is 0. The van der Waals surface area contributed by atoms with Crippen LogP contribution in [-0.2, 0) is 4.79 Å². The molecule has 2 amide bonds. The minimum Gasteiger partial charge on any atom is -0.329 e. The Labute approximate surface area is 172 Å². The van der Waals surface area contributed by atoms with Crippen molar-refractivity contribution in [3.63, 3.8) is 0 Å². The van der Waals surface area contributed by atoms with Crippen LogP contribution in [0.1, 0.15) is 29.3 Å². The second kappa shape index (κ2) is 9.52. The van der Waals surface area contributed by atoms with E-state index in [0.717, 1.165) is 0 Å². The molecular formula is C19H19Cl2N3O4. The number of hydrogen-bond donors (Lipinski definition) is 1. The third-order valence-electron chi connectivity index (χ3n) is 3.97. The minimum atomic E-state index is -0.585. The van der Waals surface area contributed by atoms with Crippen LogP contribution in [0.25, 0.3) is 0 Å². The van der Waals surface area contributed by atoms with Crippen LogP contribution in [0.4, 0.5) is 11.4 Å². The molecule has 7 nitrogen and oxygen atoms in total. The SMILES string of the molecule is CCCN(CC(=O)Nc1cc(Cl)ccc1Cl)C(=O)c1cccc(C)c1[N+](=O)[O-]. The second-order valence-electron chi connectivity index (χ2n) is 6.13. The lowest BCUT2D eigenvalue weighted by Gasteiger charge is -2.22. The van der Waals surface area contributed by atoms with Crippen molar-refractivity contribution in [2.45, 2.75) is 20.3 Å². The summed E-state index contributed by atoms with van der Waals surface area (Å²) in [4.78, 5) is 37.4. The van der Waals surface area contributed by atoms with Gasteiger partial charge in [0.05, 0.1) is 15.6 Å². The van der Waals surface area contributed by atoms with Crippen molar-refractivity contribution in [1.29, 1.82) is 0 Å². The smallest absolute Gasteiger partial charge is 0.285 e. The van der Waals surface area contributed by atoms with Gasteiger partial charge in [0.2, 0.25) is 5.91 Å². The maximum Gasteiger partial charge on any atom is 0.285 e. The second-order valence-corrected chi connectivity index (χ2v) is 6.97. The van der Waals surface area contributed by atoms with Gasteiger partial charge in [-0.15, -0.1) is 0 Å². The van der Waals surface area contributed by atoms with Gasteiger partial charge in [0, 0.05) is 17.1 Å². The highest BCUT2D eigenvalue weighted by atomic mass is 35.5. The monoisotopic (exact) mass is 423 g/mol. The van der Waals surface area contributed by atoms with Crippen LogP contribution in [0.2, 0.25) is 10.0 Å². The molecule has 0 bridgehead atoms. The predicted molar refractivity (Wildman–Crippen MR) is 109 cm³/mol. The number of nitrogens with zero attached hydrogens (tertiary/aromatic N) is 2. The molecule has 1 N–H and O–H groups in total. The van der Waals surface area contributed by atoms with Crippen LogP contribution in [0.5, 0.6) is 0 Å². The van der Waals surface area contributed by atoms with Gasteiger partial charge >= 0.3 is 0 Å². The molecular weight excluding hydrogens is 405 g/mol. The number of aryl methyl sites for hydroxylation is 1. The van der Waals surface area contributed by atoms with Crippen molar-refractivity contribution in [2.24, 2.45) is 0 Å². The lowest BCUT2D eigenvalue weighted by atomic mass is 10.1. The van der Waals surface area contributed by atoms with E-state index < -0.39 is 16.7 Å². The van der Waals surface area contributed by atoms with E-state index in [4.69, 9.17) is 23.2 Å². The molecule has 0 aromatic heterocycles. The molecule has 0 atom stereocenters. The fourth-order valence-corrected chi connectivity index (χ4v) is 3.06. The first-order valence-corrected chi connectivity index (χ1v) is 9.28. The summed E-state index contributed by atoms with van der Waals surface area (Å²) in [5, 5.41) is 14.7. The molecule has 0 spiro atoms. The zero-order chi connectivity index (χ0) is 20.8. The summed E-state index contributed by atoms with van der Waals surface area (Å²) >= 11 is 12.0. The standard InChI is InChI=1S/C19H19Cl2N3O4/c1-3-9-23(11-17(25)22-16-10-13(20)7-8-15(16)21)19(26)14-6-4-5-12(2)18(14)24(27)28/h4-8,10H,3,9,11H2,1-2H3,(H,22,25). The van der Waals surface area contributed by atoms with Crippen molar-refractivity contribution < 1.29 is 14.5 Å². The summed E-state index contributed by atoms with van der Waals surface area (Å²) in [6, 6.07) is 9.16. The average Bonchev–Trinajstić information content (AvgIpc) is 2.63. The number of halogens is 2. The first-order chi connectivity index (χ1) is 13.2. The molecule has 0 fully saturated rings. The largest absolute Gasteiger partial charge is 0.329 e. The fourth-order valence-electron chi connectivity index (χ4n) is 2.72. The normalized spacial score (nSPS) is 10.4. The molecule has 28 heavy (non-hydrogen) atoms. The number of rotatable bonds is 7. The third-order valence-corrected chi connectivity index (χ3v) is 4.53. The van der Waals surface area contributed by atoms with Crippen molar-refractivity contribution in [3.05, 3.63) is 67.7 Å². The Balaban J connectivity index is 2.25. The van der Waals surface area contributed by atoms with Gasteiger partial charge in [-0.05, 0) is 37.6 Å². The Bertz CT molecular complexity index is 918. The van der Waals surface area contributed by atoms with E-state index in [1.807, 2.05) is 6.92 Å². The van der Waals surface area contributed by atoms with E-state index in [2.05, 4.69) is 5.32 Å². The molecule has 0 heterocycles. The number of benzene rings is 2. The van der Waals surface area contributed by atoms with Gasteiger partial charge in [0.25, 0.3) is 11.6 Å². The number of nitrogens with one attached hydrogen (secondary N) is 1. The van der Waals surface area contributed by atoms with Crippen LogP contribution in [0.15, 0.2) is 36.4 Å². The zero-order valence-corrected chi connectivity index (χ0v) is 16.9. The molecule has 2 aromatic rings. The molecule has 0 aliphatic heterocycles. The zero-order valence-electron chi connectivity index (χ0n) is 15.4. The van der Waals surface area contributed by atoms with Gasteiger partial charge in [-0.3, -0.25) is 19.7 Å². The molecule has 0 aliphatic carbocycles. The topological polar surface area (TPSA) is 92.6 Å². The van der Waals surface area contributed by atoms with Crippen molar-refractivity contribution in [1.82, 2.24) is 4.90 Å². The molecule has 0 radical (unpaired) electrons.